The summed E-state index contributed by atoms with van der Waals surface area (Å²) in [5, 5.41) is 21.2. The van der Waals surface area contributed by atoms with Crippen molar-refractivity contribution in [2.24, 2.45) is 0 Å². The number of tetrazole rings is 1. The molecule has 0 unspecified atom stereocenters. The highest BCUT2D eigenvalue weighted by atomic mass is 32.2. The number of nitrogens with one attached hydrogen (secondary N) is 3. The lowest BCUT2D eigenvalue weighted by Crippen LogP contribution is -2.30. The zero-order chi connectivity index (χ0) is 26.9. The van der Waals surface area contributed by atoms with E-state index in [0.717, 1.165) is 26.8 Å². The first-order chi connectivity index (χ1) is 18.1. The number of nitrogens with zero attached hydrogens (tertiary/aromatic N) is 7. The van der Waals surface area contributed by atoms with Crippen molar-refractivity contribution in [2.45, 2.75) is 25.4 Å². The Hall–Kier alpha value is -4.60. The number of alkyl halides is 3. The molecular formula is C22H19F3N10O2S. The van der Waals surface area contributed by atoms with Crippen LogP contribution in [0.2, 0.25) is 0 Å². The van der Waals surface area contributed by atoms with E-state index in [1.165, 1.54) is 4.72 Å². The average molecular weight is 545 g/mol. The quantitative estimate of drug-likeness (QED) is 0.266. The number of aromatic amines is 1. The number of sulfonamides is 1. The number of rotatable bonds is 8. The van der Waals surface area contributed by atoms with Crippen LogP contribution in [-0.4, -0.2) is 54.1 Å². The van der Waals surface area contributed by atoms with Crippen molar-refractivity contribution in [3.8, 4) is 22.5 Å². The Kier molecular flexibility index (Phi) is 6.40. The predicted molar refractivity (Wildman–Crippen MR) is 131 cm³/mol. The topological polar surface area (TPSA) is 156 Å². The van der Waals surface area contributed by atoms with Gasteiger partial charge in [-0.2, -0.15) is 36.3 Å². The van der Waals surface area contributed by atoms with Crippen molar-refractivity contribution in [3.63, 3.8) is 0 Å². The highest BCUT2D eigenvalue weighted by Crippen LogP contribution is 2.30. The third-order valence-electron chi connectivity index (χ3n) is 5.51. The highest BCUT2D eigenvalue weighted by molar-refractivity contribution is 7.93. The van der Waals surface area contributed by atoms with Crippen LogP contribution in [0.5, 0.6) is 0 Å². The SMILES string of the molecule is CCc1cc(NCc2ccc(-c3ccccc3-c3nn[nH]n3)cc2)n2nc(NS(=O)(=O)C(F)(F)F)nc2n1. The molecule has 3 heterocycles. The summed E-state index contributed by atoms with van der Waals surface area (Å²) in [6, 6.07) is 17.0. The van der Waals surface area contributed by atoms with Gasteiger partial charge in [0.1, 0.15) is 5.82 Å². The largest absolute Gasteiger partial charge is 0.516 e. The number of fused-ring (bicyclic) bond motifs is 1. The number of H-pyrrole nitrogens is 1. The van der Waals surface area contributed by atoms with Crippen molar-refractivity contribution in [1.82, 2.24) is 40.2 Å². The minimum Gasteiger partial charge on any atom is -0.366 e. The van der Waals surface area contributed by atoms with Gasteiger partial charge in [-0.25, -0.2) is 9.71 Å². The third-order valence-corrected chi connectivity index (χ3v) is 6.57. The Morgan fingerprint density at radius 3 is 2.42 bits per heavy atom. The Morgan fingerprint density at radius 2 is 1.76 bits per heavy atom. The van der Waals surface area contributed by atoms with E-state index in [2.05, 4.69) is 41.0 Å². The zero-order valence-corrected chi connectivity index (χ0v) is 20.4. The molecule has 0 fully saturated rings. The monoisotopic (exact) mass is 544 g/mol. The maximum atomic E-state index is 12.8. The van der Waals surface area contributed by atoms with Gasteiger partial charge in [-0.1, -0.05) is 55.5 Å². The smallest absolute Gasteiger partial charge is 0.366 e. The molecule has 0 amide bonds. The number of anilines is 2. The molecule has 0 bridgehead atoms. The van der Waals surface area contributed by atoms with Gasteiger partial charge in [-0.05, 0) is 28.3 Å². The molecule has 3 N–H and O–H groups in total. The first-order valence-corrected chi connectivity index (χ1v) is 12.6. The molecule has 0 aliphatic heterocycles. The number of aromatic nitrogens is 8. The summed E-state index contributed by atoms with van der Waals surface area (Å²) in [5.74, 6) is 0.0590. The number of hydrogen-bond acceptors (Lipinski definition) is 9. The van der Waals surface area contributed by atoms with Gasteiger partial charge in [0.25, 0.3) is 11.7 Å². The van der Waals surface area contributed by atoms with Crippen LogP contribution in [0.25, 0.3) is 28.3 Å². The molecule has 0 atom stereocenters. The Bertz CT molecular complexity index is 1690. The second kappa shape index (κ2) is 9.70. The molecule has 38 heavy (non-hydrogen) atoms. The third kappa shape index (κ3) is 4.97. The summed E-state index contributed by atoms with van der Waals surface area (Å²) in [6.45, 7) is 2.18. The van der Waals surface area contributed by atoms with E-state index < -0.39 is 21.5 Å². The van der Waals surface area contributed by atoms with Crippen molar-refractivity contribution < 1.29 is 21.6 Å². The fourth-order valence-electron chi connectivity index (χ4n) is 3.65. The molecule has 0 spiro atoms. The summed E-state index contributed by atoms with van der Waals surface area (Å²) in [4.78, 5) is 8.02. The van der Waals surface area contributed by atoms with Crippen LogP contribution >= 0.6 is 0 Å². The summed E-state index contributed by atoms with van der Waals surface area (Å²) < 4.78 is 63.7. The van der Waals surface area contributed by atoms with Crippen molar-refractivity contribution in [1.29, 1.82) is 0 Å². The Balaban J connectivity index is 1.38. The van der Waals surface area contributed by atoms with Crippen LogP contribution in [0, 0.1) is 0 Å². The van der Waals surface area contributed by atoms with E-state index in [9.17, 15) is 21.6 Å². The lowest BCUT2D eigenvalue weighted by atomic mass is 9.98. The molecule has 3 aromatic heterocycles. The minimum absolute atomic E-state index is 0.0554. The van der Waals surface area contributed by atoms with Crippen molar-refractivity contribution in [3.05, 3.63) is 65.9 Å². The molecule has 16 heteroatoms. The second-order valence-electron chi connectivity index (χ2n) is 8.02. The van der Waals surface area contributed by atoms with Gasteiger partial charge >= 0.3 is 15.5 Å². The molecule has 0 radical (unpaired) electrons. The molecule has 0 saturated heterocycles. The Morgan fingerprint density at radius 1 is 1.03 bits per heavy atom. The van der Waals surface area contributed by atoms with Crippen LogP contribution in [0.3, 0.4) is 0 Å². The van der Waals surface area contributed by atoms with Crippen LogP contribution in [-0.2, 0) is 23.0 Å². The summed E-state index contributed by atoms with van der Waals surface area (Å²) in [7, 11) is -5.68. The van der Waals surface area contributed by atoms with Crippen molar-refractivity contribution >= 4 is 27.6 Å². The highest BCUT2D eigenvalue weighted by Gasteiger charge is 2.46. The molecule has 5 rings (SSSR count). The van der Waals surface area contributed by atoms with Gasteiger partial charge in [0.05, 0.1) is 0 Å². The van der Waals surface area contributed by atoms with Crippen LogP contribution in [0.1, 0.15) is 18.2 Å². The Labute approximate surface area is 213 Å². The first kappa shape index (κ1) is 25.1. The molecule has 5 aromatic rings. The van der Waals surface area contributed by atoms with Gasteiger partial charge in [0, 0.05) is 23.9 Å². The summed E-state index contributed by atoms with van der Waals surface area (Å²) >= 11 is 0. The molecule has 12 nitrogen and oxygen atoms in total. The first-order valence-electron chi connectivity index (χ1n) is 11.2. The van der Waals surface area contributed by atoms with E-state index in [1.54, 1.807) is 6.07 Å². The summed E-state index contributed by atoms with van der Waals surface area (Å²) in [5.41, 5.74) is -1.34. The van der Waals surface area contributed by atoms with Crippen molar-refractivity contribution in [2.75, 3.05) is 10.0 Å². The van der Waals surface area contributed by atoms with Gasteiger partial charge in [0.15, 0.2) is 0 Å². The van der Waals surface area contributed by atoms with E-state index in [-0.39, 0.29) is 5.78 Å². The fourth-order valence-corrected chi connectivity index (χ4v) is 4.09. The molecule has 2 aromatic carbocycles. The fraction of sp³-hybridized carbons (Fsp3) is 0.182. The maximum Gasteiger partial charge on any atom is 0.516 e. The van der Waals surface area contributed by atoms with E-state index >= 15 is 0 Å². The van der Waals surface area contributed by atoms with Crippen LogP contribution in [0.15, 0.2) is 54.6 Å². The van der Waals surface area contributed by atoms with Crippen LogP contribution in [0.4, 0.5) is 24.9 Å². The minimum atomic E-state index is -5.68. The zero-order valence-electron chi connectivity index (χ0n) is 19.6. The predicted octanol–water partition coefficient (Wildman–Crippen LogP) is 3.41. The van der Waals surface area contributed by atoms with Gasteiger partial charge in [-0.3, -0.25) is 0 Å². The van der Waals surface area contributed by atoms with Crippen LogP contribution < -0.4 is 10.0 Å². The lowest BCUT2D eigenvalue weighted by Gasteiger charge is -2.11. The summed E-state index contributed by atoms with van der Waals surface area (Å²) in [6.07, 6.45) is 0.510. The average Bonchev–Trinajstić information content (AvgIpc) is 3.56. The number of halogens is 3. The standard InChI is InChI=1S/C22H19F3N10O2S/c1-2-15-11-18(35-21(27-15)28-20(31-35)32-38(36,37)22(23,24)25)26-12-13-7-9-14(10-8-13)16-5-3-4-6-17(16)19-29-33-34-30-19/h3-11,26H,2,12H2,1H3,(H,31,32)(H,29,30,33,34). The normalized spacial score (nSPS) is 12.1. The van der Waals surface area contributed by atoms with E-state index in [0.29, 0.717) is 30.3 Å². The number of hydrogen-bond donors (Lipinski definition) is 3. The molecule has 196 valence electrons. The molecule has 0 saturated carbocycles. The molecule has 0 aliphatic rings. The number of benzene rings is 2. The van der Waals surface area contributed by atoms with Gasteiger partial charge in [-0.15, -0.1) is 15.3 Å². The molecule has 0 aliphatic carbocycles. The molecular weight excluding hydrogens is 525 g/mol. The number of aryl methyl sites for hydroxylation is 1. The van der Waals surface area contributed by atoms with Gasteiger partial charge in [0.2, 0.25) is 5.82 Å². The van der Waals surface area contributed by atoms with E-state index in [4.69, 9.17) is 0 Å². The lowest BCUT2D eigenvalue weighted by molar-refractivity contribution is -0.0429. The second-order valence-corrected chi connectivity index (χ2v) is 9.69. The van der Waals surface area contributed by atoms with Gasteiger partial charge < -0.3 is 5.32 Å². The maximum absolute atomic E-state index is 12.8. The van der Waals surface area contributed by atoms with E-state index in [1.807, 2.05) is 55.5 Å².